The Morgan fingerprint density at radius 2 is 2.05 bits per heavy atom. The third kappa shape index (κ3) is 6.80. The summed E-state index contributed by atoms with van der Waals surface area (Å²) in [6.07, 6.45) is -0.323. The summed E-state index contributed by atoms with van der Waals surface area (Å²) in [7, 11) is 0. The molecule has 0 aliphatic heterocycles. The van der Waals surface area contributed by atoms with Crippen LogP contribution in [0.15, 0.2) is 0 Å². The Morgan fingerprint density at radius 3 is 2.68 bits per heavy atom. The van der Waals surface area contributed by atoms with Crippen LogP contribution in [0.4, 0.5) is 13.2 Å². The summed E-state index contributed by atoms with van der Waals surface area (Å²) in [4.78, 5) is 11.8. The minimum Gasteiger partial charge on any atom is -0.356 e. The molecule has 3 N–H and O–H groups in total. The molecule has 0 aromatic rings. The van der Waals surface area contributed by atoms with Crippen LogP contribution in [0.3, 0.4) is 0 Å². The summed E-state index contributed by atoms with van der Waals surface area (Å²) in [5.41, 5.74) is 5.51. The van der Waals surface area contributed by atoms with Gasteiger partial charge in [0.1, 0.15) is 0 Å². The van der Waals surface area contributed by atoms with Crippen molar-refractivity contribution < 1.29 is 18.0 Å². The molecule has 2 atom stereocenters. The van der Waals surface area contributed by atoms with E-state index in [0.717, 1.165) is 32.1 Å². The fourth-order valence-corrected chi connectivity index (χ4v) is 2.67. The van der Waals surface area contributed by atoms with E-state index in [-0.39, 0.29) is 24.8 Å². The molecule has 0 radical (unpaired) electrons. The Morgan fingerprint density at radius 1 is 1.32 bits per heavy atom. The average Bonchev–Trinajstić information content (AvgIpc) is 2.34. The Labute approximate surface area is 112 Å². The van der Waals surface area contributed by atoms with Crippen LogP contribution in [0.5, 0.6) is 0 Å². The molecule has 1 rings (SSSR count). The Hall–Kier alpha value is -0.780. The predicted molar refractivity (Wildman–Crippen MR) is 67.4 cm³/mol. The van der Waals surface area contributed by atoms with Crippen molar-refractivity contribution in [2.75, 3.05) is 13.1 Å². The zero-order chi connectivity index (χ0) is 14.3. The van der Waals surface area contributed by atoms with Crippen LogP contribution in [-0.2, 0) is 4.79 Å². The molecule has 0 aromatic carbocycles. The van der Waals surface area contributed by atoms with Crippen molar-refractivity contribution in [3.63, 3.8) is 0 Å². The van der Waals surface area contributed by atoms with E-state index in [1.165, 1.54) is 0 Å². The van der Waals surface area contributed by atoms with Gasteiger partial charge in [0.15, 0.2) is 0 Å². The van der Waals surface area contributed by atoms with Crippen molar-refractivity contribution in [2.24, 2.45) is 17.6 Å². The van der Waals surface area contributed by atoms with Gasteiger partial charge in [0.05, 0.1) is 0 Å². The van der Waals surface area contributed by atoms with E-state index in [4.69, 9.17) is 5.73 Å². The van der Waals surface area contributed by atoms with Crippen molar-refractivity contribution in [1.29, 1.82) is 0 Å². The van der Waals surface area contributed by atoms with Gasteiger partial charge in [-0.15, -0.1) is 0 Å². The Balaban J connectivity index is 2.21. The molecule has 1 fully saturated rings. The van der Waals surface area contributed by atoms with E-state index < -0.39 is 12.6 Å². The van der Waals surface area contributed by atoms with Gasteiger partial charge in [0, 0.05) is 18.9 Å². The number of nitrogens with one attached hydrogen (secondary N) is 1. The van der Waals surface area contributed by atoms with Crippen LogP contribution in [0.1, 0.15) is 44.9 Å². The van der Waals surface area contributed by atoms with Gasteiger partial charge in [-0.05, 0) is 38.1 Å². The van der Waals surface area contributed by atoms with Crippen molar-refractivity contribution >= 4 is 5.91 Å². The molecule has 0 saturated heterocycles. The molecule has 1 saturated carbocycles. The molecule has 0 aromatic heterocycles. The molecule has 0 bridgehead atoms. The summed E-state index contributed by atoms with van der Waals surface area (Å²) in [6, 6.07) is 0. The van der Waals surface area contributed by atoms with E-state index in [2.05, 4.69) is 5.32 Å². The molecule has 1 aliphatic carbocycles. The lowest BCUT2D eigenvalue weighted by Crippen LogP contribution is -2.35. The number of halogens is 3. The topological polar surface area (TPSA) is 55.1 Å². The molecule has 112 valence electrons. The van der Waals surface area contributed by atoms with Gasteiger partial charge in [-0.25, -0.2) is 0 Å². The van der Waals surface area contributed by atoms with Gasteiger partial charge in [0.25, 0.3) is 0 Å². The molecule has 2 unspecified atom stereocenters. The number of carbonyl (C=O) groups excluding carboxylic acids is 1. The predicted octanol–water partition coefficient (Wildman–Crippen LogP) is 2.60. The highest BCUT2D eigenvalue weighted by Gasteiger charge is 2.28. The van der Waals surface area contributed by atoms with Gasteiger partial charge in [-0.3, -0.25) is 4.79 Å². The minimum atomic E-state index is -4.14. The van der Waals surface area contributed by atoms with E-state index in [1.807, 2.05) is 0 Å². The van der Waals surface area contributed by atoms with Crippen LogP contribution < -0.4 is 11.1 Å². The van der Waals surface area contributed by atoms with Crippen LogP contribution >= 0.6 is 0 Å². The first-order chi connectivity index (χ1) is 8.92. The van der Waals surface area contributed by atoms with Gasteiger partial charge in [0.2, 0.25) is 5.91 Å². The van der Waals surface area contributed by atoms with E-state index >= 15 is 0 Å². The number of rotatable bonds is 6. The Kier molecular flexibility index (Phi) is 6.62. The zero-order valence-electron chi connectivity index (χ0n) is 11.1. The van der Waals surface area contributed by atoms with Gasteiger partial charge < -0.3 is 11.1 Å². The summed E-state index contributed by atoms with van der Waals surface area (Å²) in [6.45, 7) is 0.737. The summed E-state index contributed by atoms with van der Waals surface area (Å²) in [5, 5.41) is 2.62. The molecule has 0 heterocycles. The second kappa shape index (κ2) is 7.72. The zero-order valence-corrected chi connectivity index (χ0v) is 11.1. The number of alkyl halides is 3. The normalized spacial score (nSPS) is 24.2. The fourth-order valence-electron chi connectivity index (χ4n) is 2.67. The monoisotopic (exact) mass is 280 g/mol. The quantitative estimate of drug-likeness (QED) is 0.735. The van der Waals surface area contributed by atoms with Gasteiger partial charge in [-0.2, -0.15) is 13.2 Å². The highest BCUT2D eigenvalue weighted by atomic mass is 19.4. The lowest BCUT2D eigenvalue weighted by molar-refractivity contribution is -0.136. The first-order valence-electron chi connectivity index (χ1n) is 6.97. The summed E-state index contributed by atoms with van der Waals surface area (Å²) < 4.78 is 35.8. The number of hydrogen-bond donors (Lipinski definition) is 2. The minimum absolute atomic E-state index is 0.0452. The second-order valence-electron chi connectivity index (χ2n) is 5.32. The molecular weight excluding hydrogens is 257 g/mol. The molecule has 6 heteroatoms. The molecule has 3 nitrogen and oxygen atoms in total. The first-order valence-corrected chi connectivity index (χ1v) is 6.97. The highest BCUT2D eigenvalue weighted by molar-refractivity contribution is 5.78. The highest BCUT2D eigenvalue weighted by Crippen LogP contribution is 2.31. The van der Waals surface area contributed by atoms with E-state index in [0.29, 0.717) is 12.5 Å². The van der Waals surface area contributed by atoms with Crippen LogP contribution in [-0.4, -0.2) is 25.2 Å². The number of hydrogen-bond acceptors (Lipinski definition) is 2. The third-order valence-corrected chi connectivity index (χ3v) is 3.66. The maximum absolute atomic E-state index is 11.9. The fraction of sp³-hybridized carbons (Fsp3) is 0.923. The maximum Gasteiger partial charge on any atom is 0.389 e. The summed E-state index contributed by atoms with van der Waals surface area (Å²) >= 11 is 0. The van der Waals surface area contributed by atoms with Crippen LogP contribution in [0, 0.1) is 11.8 Å². The largest absolute Gasteiger partial charge is 0.389 e. The molecule has 0 spiro atoms. The lowest BCUT2D eigenvalue weighted by Gasteiger charge is -2.28. The van der Waals surface area contributed by atoms with Crippen molar-refractivity contribution in [2.45, 2.75) is 51.1 Å². The second-order valence-corrected chi connectivity index (χ2v) is 5.32. The summed E-state index contributed by atoms with van der Waals surface area (Å²) in [5.74, 6) is 0.352. The van der Waals surface area contributed by atoms with Crippen molar-refractivity contribution in [3.8, 4) is 0 Å². The molecule has 1 amide bonds. The van der Waals surface area contributed by atoms with Crippen LogP contribution in [0.2, 0.25) is 0 Å². The first kappa shape index (κ1) is 16.3. The number of carbonyl (C=O) groups is 1. The lowest BCUT2D eigenvalue weighted by atomic mass is 9.79. The third-order valence-electron chi connectivity index (χ3n) is 3.66. The van der Waals surface area contributed by atoms with Crippen molar-refractivity contribution in [1.82, 2.24) is 5.32 Å². The number of nitrogens with two attached hydrogens (primary N) is 1. The smallest absolute Gasteiger partial charge is 0.356 e. The number of amides is 1. The van der Waals surface area contributed by atoms with E-state index in [1.54, 1.807) is 0 Å². The van der Waals surface area contributed by atoms with E-state index in [9.17, 15) is 18.0 Å². The van der Waals surface area contributed by atoms with Crippen molar-refractivity contribution in [3.05, 3.63) is 0 Å². The average molecular weight is 280 g/mol. The van der Waals surface area contributed by atoms with Gasteiger partial charge >= 0.3 is 6.18 Å². The van der Waals surface area contributed by atoms with Gasteiger partial charge in [-0.1, -0.05) is 12.8 Å². The molecule has 19 heavy (non-hydrogen) atoms. The maximum atomic E-state index is 11.9. The van der Waals surface area contributed by atoms with Crippen LogP contribution in [0.25, 0.3) is 0 Å². The Bertz CT molecular complexity index is 280. The molecule has 1 aliphatic rings. The standard InChI is InChI=1S/C13H23F3N2O/c14-13(15,16)6-2-8-18-12(19)11-4-1-3-10(9-11)5-7-17/h10-11H,1-9,17H2,(H,18,19). The SMILES string of the molecule is NCCC1CCCC(C(=O)NCCCC(F)(F)F)C1. The molecular formula is C13H23F3N2O.